The Labute approximate surface area is 139 Å². The van der Waals surface area contributed by atoms with E-state index in [0.29, 0.717) is 0 Å². The van der Waals surface area contributed by atoms with E-state index in [-0.39, 0.29) is 93.4 Å². The van der Waals surface area contributed by atoms with E-state index in [1.165, 1.54) is 0 Å². The molecule has 10 heteroatoms. The van der Waals surface area contributed by atoms with Gasteiger partial charge in [0.25, 0.3) is 0 Å². The second-order valence-corrected chi connectivity index (χ2v) is 1.82. The molecule has 7 nitrogen and oxygen atoms in total. The number of phosphoric acid groups is 1. The minimum absolute atomic E-state index is 0. The van der Waals surface area contributed by atoms with Crippen LogP contribution in [0.4, 0.5) is 4.79 Å². The molecule has 0 aliphatic carbocycles. The second kappa shape index (κ2) is 12.3. The monoisotopic (exact) mass is 242 g/mol. The van der Waals surface area contributed by atoms with Crippen LogP contribution in [0.25, 0.3) is 0 Å². The van der Waals surface area contributed by atoms with E-state index in [0.717, 1.165) is 0 Å². The van der Waals surface area contributed by atoms with Crippen molar-refractivity contribution in [1.82, 2.24) is 0 Å². The fraction of sp³-hybridized carbons (Fsp3) is 0. The molecule has 0 aromatic rings. The van der Waals surface area contributed by atoms with E-state index in [4.69, 9.17) is 34.3 Å². The van der Waals surface area contributed by atoms with E-state index in [2.05, 4.69) is 0 Å². The Hall–Kier alpha value is 2.28. The molecule has 5 N–H and O–H groups in total. The van der Waals surface area contributed by atoms with Gasteiger partial charge < -0.3 is 29.2 Å². The van der Waals surface area contributed by atoms with E-state index in [1.807, 2.05) is 0 Å². The van der Waals surface area contributed by atoms with Crippen LogP contribution in [-0.4, -0.2) is 68.8 Å². The Morgan fingerprint density at radius 1 is 1.18 bits per heavy atom. The Balaban J connectivity index is -0.0000000104. The fourth-order valence-electron chi connectivity index (χ4n) is 0. The molecule has 62 valence electrons. The molecule has 0 aromatic carbocycles. The molecule has 0 saturated carbocycles. The molecule has 11 heavy (non-hydrogen) atoms. The van der Waals surface area contributed by atoms with Crippen molar-refractivity contribution >= 4 is 51.7 Å². The van der Waals surface area contributed by atoms with Crippen LogP contribution in [0.3, 0.4) is 0 Å². The predicted octanol–water partition coefficient (Wildman–Crippen LogP) is -3.75. The number of carbonyl (C=O) groups is 1. The first-order valence-electron chi connectivity index (χ1n) is 1.43. The van der Waals surface area contributed by atoms with Gasteiger partial charge in [0.15, 0.2) is 0 Å². The summed E-state index contributed by atoms with van der Waals surface area (Å²) in [7, 11) is -4.64. The zero-order chi connectivity index (χ0) is 8.08. The Morgan fingerprint density at radius 3 is 1.18 bits per heavy atom. The molecule has 0 aliphatic rings. The third kappa shape index (κ3) is 250. The molecule has 0 rings (SSSR count). The second-order valence-electron chi connectivity index (χ2n) is 0.796. The van der Waals surface area contributed by atoms with Crippen LogP contribution < -0.4 is 51.4 Å². The summed E-state index contributed by atoms with van der Waals surface area (Å²) >= 11 is 0. The summed E-state index contributed by atoms with van der Waals surface area (Å²) in [6.07, 6.45) is -1.83. The molecule has 0 radical (unpaired) electrons. The van der Waals surface area contributed by atoms with Gasteiger partial charge in [-0.3, -0.25) is 0 Å². The van der Waals surface area contributed by atoms with Crippen molar-refractivity contribution in [2.45, 2.75) is 0 Å². The summed E-state index contributed by atoms with van der Waals surface area (Å²) in [6, 6.07) is 0. The van der Waals surface area contributed by atoms with Crippen molar-refractivity contribution in [1.29, 1.82) is 0 Å². The van der Waals surface area contributed by atoms with E-state index in [9.17, 15) is 0 Å². The summed E-state index contributed by atoms with van der Waals surface area (Å²) in [4.78, 5) is 30.1. The third-order valence-electron chi connectivity index (χ3n) is 0. The number of rotatable bonds is 0. The number of carboxylic acid groups (broad SMARTS) is 2. The van der Waals surface area contributed by atoms with Crippen molar-refractivity contribution in [3.63, 3.8) is 0 Å². The van der Waals surface area contributed by atoms with E-state index in [1.54, 1.807) is 0 Å². The number of hydrogen-bond donors (Lipinski definition) is 5. The molecule has 0 atom stereocenters. The van der Waals surface area contributed by atoms with Gasteiger partial charge in [0.05, 0.1) is 0 Å². The van der Waals surface area contributed by atoms with Crippen molar-refractivity contribution in [2.24, 2.45) is 0 Å². The first-order valence-corrected chi connectivity index (χ1v) is 3.00. The van der Waals surface area contributed by atoms with Gasteiger partial charge in [0, 0.05) is 0 Å². The average molecular weight is 242 g/mol. The topological polar surface area (TPSA) is 135 Å². The van der Waals surface area contributed by atoms with Crippen molar-refractivity contribution in [3.8, 4) is 0 Å². The largest absolute Gasteiger partial charge is 2.00 e. The van der Waals surface area contributed by atoms with E-state index < -0.39 is 14.0 Å². The van der Waals surface area contributed by atoms with Gasteiger partial charge in [-0.1, -0.05) is 0 Å². The molecule has 0 bridgehead atoms. The minimum atomic E-state index is -4.64. The molecule has 0 unspecified atom stereocenters. The molecule has 0 saturated heterocycles. The smallest absolute Gasteiger partial charge is 1.00 e. The first-order chi connectivity index (χ1) is 3.73. The molecule has 0 aliphatic heterocycles. The van der Waals surface area contributed by atoms with Crippen molar-refractivity contribution in [3.05, 3.63) is 0 Å². The van der Waals surface area contributed by atoms with E-state index >= 15 is 0 Å². The van der Waals surface area contributed by atoms with Gasteiger partial charge >= 0.3 is 103 Å². The molecule has 0 aromatic heterocycles. The third-order valence-corrected chi connectivity index (χ3v) is 0. The van der Waals surface area contributed by atoms with Gasteiger partial charge in [0.1, 0.15) is 0 Å². The van der Waals surface area contributed by atoms with Crippen LogP contribution in [0, 0.1) is 0 Å². The maximum atomic E-state index is 8.88. The summed E-state index contributed by atoms with van der Waals surface area (Å²) in [5, 5.41) is 13.9. The summed E-state index contributed by atoms with van der Waals surface area (Å²) < 4.78 is 8.88. The zero-order valence-corrected chi connectivity index (χ0v) is 11.9. The standard InChI is InChI=1S/CH2O3.Ca.K.H3O4P.3H/c2-1(3)4;;;1-5(2,3)4;;;/h(H2,2,3,4);;;(H3,1,2,3,4);;;/q;+2;+1;;3*-1. The van der Waals surface area contributed by atoms with Gasteiger partial charge in [-0.15, -0.1) is 0 Å². The van der Waals surface area contributed by atoms with Crippen LogP contribution in [0.1, 0.15) is 4.28 Å². The van der Waals surface area contributed by atoms with Gasteiger partial charge in [-0.2, -0.15) is 0 Å². The SMILES string of the molecule is O=C(O)O.O=P(O)(O)O.[Ca+2].[H-].[H-].[H-].[K+]. The maximum Gasteiger partial charge on any atom is 2.00 e. The average Bonchev–Trinajstić information content (AvgIpc) is 1.19. The Morgan fingerprint density at radius 2 is 1.18 bits per heavy atom. The van der Waals surface area contributed by atoms with Crippen LogP contribution in [0.5, 0.6) is 0 Å². The van der Waals surface area contributed by atoms with Crippen LogP contribution in [0.15, 0.2) is 0 Å². The maximum absolute atomic E-state index is 8.88. The van der Waals surface area contributed by atoms with Crippen LogP contribution in [-0.2, 0) is 4.57 Å². The molecular formula is CH8CaKO7P. The van der Waals surface area contributed by atoms with Gasteiger partial charge in [-0.25, -0.2) is 9.36 Å². The molecule has 0 spiro atoms. The molecule has 0 amide bonds. The number of hydrogen-bond acceptors (Lipinski definition) is 2. The molecule has 0 fully saturated rings. The summed E-state index contributed by atoms with van der Waals surface area (Å²) in [5.74, 6) is 0. The quantitative estimate of drug-likeness (QED) is 0.217. The summed E-state index contributed by atoms with van der Waals surface area (Å²) in [6.45, 7) is 0. The van der Waals surface area contributed by atoms with Crippen LogP contribution >= 0.6 is 7.82 Å². The molecular weight excluding hydrogens is 234 g/mol. The first kappa shape index (κ1) is 23.3. The Kier molecular flexibility index (Phi) is 25.9. The van der Waals surface area contributed by atoms with Gasteiger partial charge in [0.2, 0.25) is 0 Å². The molecule has 0 heterocycles. The summed E-state index contributed by atoms with van der Waals surface area (Å²) in [5.41, 5.74) is 0. The van der Waals surface area contributed by atoms with Gasteiger partial charge in [-0.05, 0) is 0 Å². The predicted molar refractivity (Wildman–Crippen MR) is 34.0 cm³/mol. The van der Waals surface area contributed by atoms with Crippen molar-refractivity contribution < 1.29 is 89.9 Å². The van der Waals surface area contributed by atoms with Crippen molar-refractivity contribution in [2.75, 3.05) is 0 Å². The normalized spacial score (nSPS) is 7.55. The fourth-order valence-corrected chi connectivity index (χ4v) is 0. The minimum Gasteiger partial charge on any atom is -1.00 e. The zero-order valence-electron chi connectivity index (χ0n) is 8.71. The van der Waals surface area contributed by atoms with Crippen LogP contribution in [0.2, 0.25) is 0 Å². The Bertz CT molecular complexity index is 129.